The van der Waals surface area contributed by atoms with E-state index in [2.05, 4.69) is 0 Å². The summed E-state index contributed by atoms with van der Waals surface area (Å²) in [5.74, 6) is -0.683. The van der Waals surface area contributed by atoms with Crippen LogP contribution in [0.25, 0.3) is 0 Å². The normalized spacial score (nSPS) is 12.6. The summed E-state index contributed by atoms with van der Waals surface area (Å²) in [5, 5.41) is 0. The number of hydrogen-bond acceptors (Lipinski definition) is 4. The zero-order valence-electron chi connectivity index (χ0n) is 11.5. The van der Waals surface area contributed by atoms with Crippen molar-refractivity contribution in [1.82, 2.24) is 4.72 Å². The van der Waals surface area contributed by atoms with E-state index in [1.807, 2.05) is 10.8 Å². The van der Waals surface area contributed by atoms with Gasteiger partial charge in [0.15, 0.2) is 6.23 Å². The molecular weight excluding hydrogens is 306 g/mol. The third kappa shape index (κ3) is 5.28. The Kier molecular flexibility index (Phi) is 5.26. The maximum Gasteiger partial charge on any atom is 0.339 e. The Hall–Kier alpha value is -2.22. The highest BCUT2D eigenvalue weighted by atomic mass is 32.2. The molecule has 1 unspecified atom stereocenters. The van der Waals surface area contributed by atoms with Crippen LogP contribution >= 0.6 is 0 Å². The number of carbonyl (C=O) groups is 1. The number of carbonyl (C=O) groups excluding carboxylic acids is 1. The number of benzene rings is 2. The van der Waals surface area contributed by atoms with Crippen molar-refractivity contribution in [1.29, 1.82) is 0 Å². The SMILES string of the molecule is O=C(OC(Cc1ccccc1)NS(=O)(=O)O)c1ccccc1. The molecule has 0 amide bonds. The zero-order chi connectivity index (χ0) is 16.0. The van der Waals surface area contributed by atoms with Gasteiger partial charge in [-0.2, -0.15) is 13.1 Å². The van der Waals surface area contributed by atoms with E-state index in [-0.39, 0.29) is 12.0 Å². The highest BCUT2D eigenvalue weighted by molar-refractivity contribution is 7.83. The first-order valence-corrected chi connectivity index (χ1v) is 7.93. The van der Waals surface area contributed by atoms with Crippen molar-refractivity contribution in [3.8, 4) is 0 Å². The molecule has 0 radical (unpaired) electrons. The number of nitrogens with one attached hydrogen (secondary N) is 1. The van der Waals surface area contributed by atoms with Crippen molar-refractivity contribution in [2.45, 2.75) is 12.6 Å². The number of esters is 1. The fourth-order valence-electron chi connectivity index (χ4n) is 1.87. The summed E-state index contributed by atoms with van der Waals surface area (Å²) in [4.78, 5) is 12.0. The summed E-state index contributed by atoms with van der Waals surface area (Å²) in [7, 11) is -4.50. The van der Waals surface area contributed by atoms with Gasteiger partial charge in [-0.1, -0.05) is 48.5 Å². The van der Waals surface area contributed by atoms with Crippen molar-refractivity contribution >= 4 is 16.3 Å². The van der Waals surface area contributed by atoms with Crippen molar-refractivity contribution in [3.63, 3.8) is 0 Å². The molecule has 22 heavy (non-hydrogen) atoms. The molecular formula is C15H15NO5S. The largest absolute Gasteiger partial charge is 0.442 e. The molecule has 116 valence electrons. The van der Waals surface area contributed by atoms with Gasteiger partial charge in [-0.25, -0.2) is 4.79 Å². The lowest BCUT2D eigenvalue weighted by Gasteiger charge is -2.17. The highest BCUT2D eigenvalue weighted by Gasteiger charge is 2.20. The highest BCUT2D eigenvalue weighted by Crippen LogP contribution is 2.09. The number of rotatable bonds is 6. The average Bonchev–Trinajstić information content (AvgIpc) is 2.47. The fraction of sp³-hybridized carbons (Fsp3) is 0.133. The summed E-state index contributed by atoms with van der Waals surface area (Å²) < 4.78 is 37.9. The van der Waals surface area contributed by atoms with Crippen LogP contribution in [0.5, 0.6) is 0 Å². The fourth-order valence-corrected chi connectivity index (χ4v) is 2.34. The Morgan fingerprint density at radius 1 is 1.05 bits per heavy atom. The molecule has 2 aromatic carbocycles. The van der Waals surface area contributed by atoms with Crippen molar-refractivity contribution in [2.75, 3.05) is 0 Å². The number of ether oxygens (including phenoxy) is 1. The van der Waals surface area contributed by atoms with Gasteiger partial charge in [-0.05, 0) is 17.7 Å². The van der Waals surface area contributed by atoms with Gasteiger partial charge in [0.25, 0.3) is 0 Å². The molecule has 0 bridgehead atoms. The molecule has 0 spiro atoms. The Morgan fingerprint density at radius 2 is 1.59 bits per heavy atom. The van der Waals surface area contributed by atoms with E-state index in [4.69, 9.17) is 9.29 Å². The van der Waals surface area contributed by atoms with E-state index in [0.29, 0.717) is 0 Å². The second kappa shape index (κ2) is 7.17. The summed E-state index contributed by atoms with van der Waals surface area (Å²) in [6, 6.07) is 17.1. The van der Waals surface area contributed by atoms with E-state index in [1.54, 1.807) is 54.6 Å². The van der Waals surface area contributed by atoms with Gasteiger partial charge in [0, 0.05) is 6.42 Å². The van der Waals surface area contributed by atoms with Crippen LogP contribution in [0.3, 0.4) is 0 Å². The van der Waals surface area contributed by atoms with Crippen LogP contribution in [0.1, 0.15) is 15.9 Å². The molecule has 2 aromatic rings. The lowest BCUT2D eigenvalue weighted by atomic mass is 10.1. The molecule has 2 N–H and O–H groups in total. The molecule has 0 aliphatic carbocycles. The third-order valence-corrected chi connectivity index (χ3v) is 3.36. The Morgan fingerprint density at radius 3 is 2.14 bits per heavy atom. The monoisotopic (exact) mass is 321 g/mol. The summed E-state index contributed by atoms with van der Waals surface area (Å²) >= 11 is 0. The minimum absolute atomic E-state index is 0.0964. The van der Waals surface area contributed by atoms with Crippen molar-refractivity contribution in [2.24, 2.45) is 0 Å². The Bertz CT molecular complexity index is 716. The maximum atomic E-state index is 12.0. The topological polar surface area (TPSA) is 92.7 Å². The quantitative estimate of drug-likeness (QED) is 0.481. The first kappa shape index (κ1) is 16.2. The molecule has 0 aliphatic heterocycles. The van der Waals surface area contributed by atoms with Gasteiger partial charge in [0.2, 0.25) is 0 Å². The summed E-state index contributed by atoms with van der Waals surface area (Å²) in [6.45, 7) is 0. The van der Waals surface area contributed by atoms with Gasteiger partial charge in [-0.15, -0.1) is 0 Å². The second-order valence-electron chi connectivity index (χ2n) is 4.54. The van der Waals surface area contributed by atoms with Gasteiger partial charge < -0.3 is 4.74 Å². The Balaban J connectivity index is 2.12. The van der Waals surface area contributed by atoms with E-state index < -0.39 is 22.5 Å². The molecule has 7 heteroatoms. The molecule has 0 saturated carbocycles. The van der Waals surface area contributed by atoms with Crippen LogP contribution in [-0.2, 0) is 21.5 Å². The summed E-state index contributed by atoms with van der Waals surface area (Å²) in [5.41, 5.74) is 1.04. The standard InChI is InChI=1S/C15H15NO5S/c17-15(13-9-5-2-6-10-13)21-14(16-22(18,19)20)11-12-7-3-1-4-8-12/h1-10,14,16H,11H2,(H,18,19,20). The van der Waals surface area contributed by atoms with Crippen LogP contribution < -0.4 is 4.72 Å². The van der Waals surface area contributed by atoms with Crippen LogP contribution in [0.2, 0.25) is 0 Å². The predicted octanol–water partition coefficient (Wildman–Crippen LogP) is 1.80. The van der Waals surface area contributed by atoms with Gasteiger partial charge >= 0.3 is 16.3 Å². The lowest BCUT2D eigenvalue weighted by Crippen LogP contribution is -2.39. The van der Waals surface area contributed by atoms with Crippen LogP contribution in [-0.4, -0.2) is 25.2 Å². The molecule has 1 atom stereocenters. The molecule has 0 fully saturated rings. The molecule has 0 aromatic heterocycles. The second-order valence-corrected chi connectivity index (χ2v) is 5.73. The molecule has 0 heterocycles. The van der Waals surface area contributed by atoms with Gasteiger partial charge in [0.1, 0.15) is 0 Å². The van der Waals surface area contributed by atoms with Gasteiger partial charge in [-0.3, -0.25) is 4.55 Å². The minimum atomic E-state index is -4.50. The minimum Gasteiger partial charge on any atom is -0.442 e. The maximum absolute atomic E-state index is 12.0. The van der Waals surface area contributed by atoms with E-state index in [0.717, 1.165) is 5.56 Å². The van der Waals surface area contributed by atoms with Crippen LogP contribution in [0, 0.1) is 0 Å². The van der Waals surface area contributed by atoms with E-state index in [1.165, 1.54) is 0 Å². The van der Waals surface area contributed by atoms with E-state index in [9.17, 15) is 13.2 Å². The first-order chi connectivity index (χ1) is 10.4. The summed E-state index contributed by atoms with van der Waals surface area (Å²) in [6.07, 6.45) is -1.11. The molecule has 6 nitrogen and oxygen atoms in total. The zero-order valence-corrected chi connectivity index (χ0v) is 12.4. The van der Waals surface area contributed by atoms with Crippen LogP contribution in [0.15, 0.2) is 60.7 Å². The molecule has 0 aliphatic rings. The van der Waals surface area contributed by atoms with E-state index >= 15 is 0 Å². The third-order valence-electron chi connectivity index (χ3n) is 2.80. The lowest BCUT2D eigenvalue weighted by molar-refractivity contribution is 0.0273. The smallest absolute Gasteiger partial charge is 0.339 e. The average molecular weight is 321 g/mol. The molecule has 2 rings (SSSR count). The predicted molar refractivity (Wildman–Crippen MR) is 80.5 cm³/mol. The molecule has 0 saturated heterocycles. The van der Waals surface area contributed by atoms with Crippen LogP contribution in [0.4, 0.5) is 0 Å². The van der Waals surface area contributed by atoms with Crippen molar-refractivity contribution in [3.05, 3.63) is 71.8 Å². The Labute approximate surface area is 128 Å². The number of hydrogen-bond donors (Lipinski definition) is 2. The van der Waals surface area contributed by atoms with Crippen molar-refractivity contribution < 1.29 is 22.5 Å². The van der Waals surface area contributed by atoms with Gasteiger partial charge in [0.05, 0.1) is 5.56 Å². The first-order valence-electron chi connectivity index (χ1n) is 6.49.